The highest BCUT2D eigenvalue weighted by atomic mass is 79.9. The Morgan fingerprint density at radius 1 is 1.21 bits per heavy atom. The fourth-order valence-electron chi connectivity index (χ4n) is 2.19. The van der Waals surface area contributed by atoms with Crippen molar-refractivity contribution in [3.8, 4) is 11.5 Å². The van der Waals surface area contributed by atoms with Gasteiger partial charge in [0, 0.05) is 12.1 Å². The van der Waals surface area contributed by atoms with Crippen LogP contribution in [0.25, 0.3) is 0 Å². The Morgan fingerprint density at radius 3 is 2.54 bits per heavy atom. The summed E-state index contributed by atoms with van der Waals surface area (Å²) in [6.45, 7) is 5.14. The number of carbonyl (C=O) groups excluding carboxylic acids is 1. The minimum Gasteiger partial charge on any atom is -0.493 e. The normalized spacial score (nSPS) is 10.3. The molecule has 0 spiro atoms. The van der Waals surface area contributed by atoms with E-state index in [0.717, 1.165) is 12.0 Å². The van der Waals surface area contributed by atoms with E-state index < -0.39 is 0 Å². The summed E-state index contributed by atoms with van der Waals surface area (Å²) in [6, 6.07) is 11.5. The van der Waals surface area contributed by atoms with Crippen LogP contribution in [0.1, 0.15) is 34.8 Å². The predicted molar refractivity (Wildman–Crippen MR) is 98.8 cm³/mol. The minimum absolute atomic E-state index is 0.156. The molecule has 24 heavy (non-hydrogen) atoms. The van der Waals surface area contributed by atoms with Gasteiger partial charge < -0.3 is 14.8 Å². The Balaban J connectivity index is 2.11. The predicted octanol–water partition coefficient (Wildman–Crippen LogP) is 4.48. The van der Waals surface area contributed by atoms with E-state index in [2.05, 4.69) is 21.2 Å². The summed E-state index contributed by atoms with van der Waals surface area (Å²) in [7, 11) is 1.56. The minimum atomic E-state index is -0.156. The first kappa shape index (κ1) is 18.3. The molecular formula is C19H22BrNO3. The number of amides is 1. The van der Waals surface area contributed by atoms with Crippen LogP contribution in [-0.4, -0.2) is 19.6 Å². The zero-order valence-electron chi connectivity index (χ0n) is 14.2. The van der Waals surface area contributed by atoms with Crippen LogP contribution in [0.5, 0.6) is 11.5 Å². The molecule has 0 aliphatic heterocycles. The SMILES string of the molecule is CCCOc1c(Br)cc(C(=O)NCc2ccc(C)cc2)cc1OC. The van der Waals surface area contributed by atoms with Crippen LogP contribution in [0.3, 0.4) is 0 Å². The van der Waals surface area contributed by atoms with E-state index in [1.54, 1.807) is 19.2 Å². The second-order valence-electron chi connectivity index (χ2n) is 5.51. The van der Waals surface area contributed by atoms with Gasteiger partial charge in [-0.3, -0.25) is 4.79 Å². The Morgan fingerprint density at radius 2 is 1.92 bits per heavy atom. The summed E-state index contributed by atoms with van der Waals surface area (Å²) < 4.78 is 11.7. The van der Waals surface area contributed by atoms with E-state index in [9.17, 15) is 4.79 Å². The fourth-order valence-corrected chi connectivity index (χ4v) is 2.74. The van der Waals surface area contributed by atoms with E-state index in [1.807, 2.05) is 38.1 Å². The molecule has 1 amide bonds. The molecular weight excluding hydrogens is 370 g/mol. The number of benzene rings is 2. The summed E-state index contributed by atoms with van der Waals surface area (Å²) in [6.07, 6.45) is 0.897. The van der Waals surface area contributed by atoms with Gasteiger partial charge in [0.1, 0.15) is 0 Å². The number of rotatable bonds is 7. The standard InChI is InChI=1S/C19H22BrNO3/c1-4-9-24-18-16(20)10-15(11-17(18)23-3)19(22)21-12-14-7-5-13(2)6-8-14/h5-8,10-11H,4,9,12H2,1-3H3,(H,21,22). The second kappa shape index (κ2) is 8.73. The number of halogens is 1. The van der Waals surface area contributed by atoms with Gasteiger partial charge in [-0.1, -0.05) is 36.8 Å². The Hall–Kier alpha value is -2.01. The molecule has 128 valence electrons. The van der Waals surface area contributed by atoms with Gasteiger partial charge in [-0.2, -0.15) is 0 Å². The third-order valence-electron chi connectivity index (χ3n) is 3.52. The summed E-state index contributed by atoms with van der Waals surface area (Å²) in [5.74, 6) is 1.00. The monoisotopic (exact) mass is 391 g/mol. The highest BCUT2D eigenvalue weighted by Crippen LogP contribution is 2.36. The number of hydrogen-bond acceptors (Lipinski definition) is 3. The van der Waals surface area contributed by atoms with E-state index >= 15 is 0 Å². The average molecular weight is 392 g/mol. The number of methoxy groups -OCH3 is 1. The molecule has 0 unspecified atom stereocenters. The second-order valence-corrected chi connectivity index (χ2v) is 6.36. The molecule has 1 N–H and O–H groups in total. The van der Waals surface area contributed by atoms with E-state index in [4.69, 9.17) is 9.47 Å². The maximum absolute atomic E-state index is 12.4. The zero-order valence-corrected chi connectivity index (χ0v) is 15.8. The van der Waals surface area contributed by atoms with E-state index in [1.165, 1.54) is 5.56 Å². The fraction of sp³-hybridized carbons (Fsp3) is 0.316. The van der Waals surface area contributed by atoms with Crippen molar-refractivity contribution in [1.29, 1.82) is 0 Å². The van der Waals surface area contributed by atoms with Crippen LogP contribution >= 0.6 is 15.9 Å². The van der Waals surface area contributed by atoms with Crippen molar-refractivity contribution < 1.29 is 14.3 Å². The number of carbonyl (C=O) groups is 1. The lowest BCUT2D eigenvalue weighted by Gasteiger charge is -2.14. The van der Waals surface area contributed by atoms with Crippen molar-refractivity contribution in [3.63, 3.8) is 0 Å². The third-order valence-corrected chi connectivity index (χ3v) is 4.10. The van der Waals surface area contributed by atoms with Gasteiger partial charge in [-0.05, 0) is 47.0 Å². The number of ether oxygens (including phenoxy) is 2. The summed E-state index contributed by atoms with van der Waals surface area (Å²) in [5, 5.41) is 2.92. The van der Waals surface area contributed by atoms with Gasteiger partial charge in [0.2, 0.25) is 0 Å². The molecule has 0 saturated heterocycles. The first-order valence-corrected chi connectivity index (χ1v) is 8.68. The molecule has 0 saturated carbocycles. The van der Waals surface area contributed by atoms with Crippen LogP contribution in [0, 0.1) is 6.92 Å². The van der Waals surface area contributed by atoms with Gasteiger partial charge >= 0.3 is 0 Å². The molecule has 0 aliphatic carbocycles. The van der Waals surface area contributed by atoms with Crippen LogP contribution < -0.4 is 14.8 Å². The molecule has 0 bridgehead atoms. The summed E-state index contributed by atoms with van der Waals surface area (Å²) in [4.78, 5) is 12.4. The van der Waals surface area contributed by atoms with Gasteiger partial charge in [-0.15, -0.1) is 0 Å². The van der Waals surface area contributed by atoms with Crippen LogP contribution in [0.4, 0.5) is 0 Å². The third kappa shape index (κ3) is 4.74. The molecule has 0 aromatic heterocycles. The van der Waals surface area contributed by atoms with Crippen molar-refractivity contribution >= 4 is 21.8 Å². The van der Waals surface area contributed by atoms with Crippen molar-refractivity contribution in [2.75, 3.05) is 13.7 Å². The lowest BCUT2D eigenvalue weighted by Crippen LogP contribution is -2.22. The highest BCUT2D eigenvalue weighted by molar-refractivity contribution is 9.10. The first-order chi connectivity index (χ1) is 11.5. The zero-order chi connectivity index (χ0) is 17.5. The lowest BCUT2D eigenvalue weighted by molar-refractivity contribution is 0.0950. The van der Waals surface area contributed by atoms with E-state index in [0.29, 0.717) is 34.7 Å². The Labute approximate surface area is 151 Å². The first-order valence-electron chi connectivity index (χ1n) is 7.89. The number of hydrogen-bond donors (Lipinski definition) is 1. The van der Waals surface area contributed by atoms with Crippen molar-refractivity contribution in [3.05, 3.63) is 57.6 Å². The number of aryl methyl sites for hydroxylation is 1. The lowest BCUT2D eigenvalue weighted by atomic mass is 10.1. The van der Waals surface area contributed by atoms with E-state index in [-0.39, 0.29) is 5.91 Å². The highest BCUT2D eigenvalue weighted by Gasteiger charge is 2.15. The molecule has 4 nitrogen and oxygen atoms in total. The van der Waals surface area contributed by atoms with Crippen molar-refractivity contribution in [2.24, 2.45) is 0 Å². The maximum atomic E-state index is 12.4. The molecule has 0 aliphatic rings. The topological polar surface area (TPSA) is 47.6 Å². The van der Waals surface area contributed by atoms with Crippen LogP contribution in [-0.2, 0) is 6.54 Å². The summed E-state index contributed by atoms with van der Waals surface area (Å²) in [5.41, 5.74) is 2.78. The van der Waals surface area contributed by atoms with Gasteiger partial charge in [0.25, 0.3) is 5.91 Å². The Kier molecular flexibility index (Phi) is 6.67. The molecule has 0 heterocycles. The molecule has 0 radical (unpaired) electrons. The molecule has 2 aromatic carbocycles. The Bertz CT molecular complexity index is 699. The molecule has 5 heteroatoms. The van der Waals surface area contributed by atoms with Crippen LogP contribution in [0.15, 0.2) is 40.9 Å². The smallest absolute Gasteiger partial charge is 0.251 e. The van der Waals surface area contributed by atoms with Gasteiger partial charge in [0.05, 0.1) is 18.2 Å². The van der Waals surface area contributed by atoms with Gasteiger partial charge in [0.15, 0.2) is 11.5 Å². The largest absolute Gasteiger partial charge is 0.493 e. The van der Waals surface area contributed by atoms with Crippen molar-refractivity contribution in [1.82, 2.24) is 5.32 Å². The molecule has 0 atom stereocenters. The van der Waals surface area contributed by atoms with Crippen LogP contribution in [0.2, 0.25) is 0 Å². The molecule has 0 fully saturated rings. The summed E-state index contributed by atoms with van der Waals surface area (Å²) >= 11 is 3.46. The van der Waals surface area contributed by atoms with Crippen molar-refractivity contribution in [2.45, 2.75) is 26.8 Å². The maximum Gasteiger partial charge on any atom is 0.251 e. The average Bonchev–Trinajstić information content (AvgIpc) is 2.59. The molecule has 2 rings (SSSR count). The quantitative estimate of drug-likeness (QED) is 0.756. The number of nitrogens with one attached hydrogen (secondary N) is 1. The van der Waals surface area contributed by atoms with Gasteiger partial charge in [-0.25, -0.2) is 0 Å². The molecule has 2 aromatic rings.